The number of para-hydroxylation sites is 2. The fraction of sp³-hybridized carbons (Fsp3) is 0.259. The highest BCUT2D eigenvalue weighted by Crippen LogP contribution is 2.45. The molecule has 166 valence electrons. The minimum atomic E-state index is -0.446. The summed E-state index contributed by atoms with van der Waals surface area (Å²) >= 11 is 0. The van der Waals surface area contributed by atoms with Crippen LogP contribution in [0.15, 0.2) is 71.3 Å². The molecule has 0 radical (unpaired) electrons. The first-order valence-electron chi connectivity index (χ1n) is 11.4. The molecular weight excluding hydrogens is 414 g/mol. The van der Waals surface area contributed by atoms with E-state index in [1.165, 1.54) is 11.3 Å². The Bertz CT molecular complexity index is 1280. The van der Waals surface area contributed by atoms with Crippen LogP contribution in [0.4, 0.5) is 0 Å². The molecule has 0 spiro atoms. The van der Waals surface area contributed by atoms with E-state index in [1.807, 2.05) is 77.3 Å². The molecule has 0 saturated heterocycles. The van der Waals surface area contributed by atoms with Gasteiger partial charge in [-0.2, -0.15) is 5.10 Å². The summed E-state index contributed by atoms with van der Waals surface area (Å²) in [7, 11) is 2.00. The molecule has 6 heteroatoms. The Kier molecular flexibility index (Phi) is 4.79. The van der Waals surface area contributed by atoms with E-state index in [0.29, 0.717) is 13.1 Å². The molecular formula is C27H25N3O3. The van der Waals surface area contributed by atoms with Gasteiger partial charge in [0.2, 0.25) is 5.91 Å². The van der Waals surface area contributed by atoms with Crippen molar-refractivity contribution in [3.63, 3.8) is 0 Å². The molecule has 2 aromatic carbocycles. The molecule has 0 unspecified atom stereocenters. The molecule has 33 heavy (non-hydrogen) atoms. The van der Waals surface area contributed by atoms with Crippen LogP contribution in [0.25, 0.3) is 0 Å². The van der Waals surface area contributed by atoms with Gasteiger partial charge >= 0.3 is 0 Å². The smallest absolute Gasteiger partial charge is 0.235 e. The Hall–Kier alpha value is -3.80. The van der Waals surface area contributed by atoms with Gasteiger partial charge in [-0.1, -0.05) is 36.4 Å². The van der Waals surface area contributed by atoms with Gasteiger partial charge in [-0.05, 0) is 49.1 Å². The quantitative estimate of drug-likeness (QED) is 0.441. The molecule has 0 atom stereocenters. The number of nitrogens with zero attached hydrogens (tertiary/aromatic N) is 3. The number of fused-ring (bicyclic) bond motifs is 3. The first-order chi connectivity index (χ1) is 16.2. The van der Waals surface area contributed by atoms with Gasteiger partial charge in [-0.15, -0.1) is 0 Å². The van der Waals surface area contributed by atoms with Crippen molar-refractivity contribution in [1.29, 1.82) is 0 Å². The van der Waals surface area contributed by atoms with Crippen molar-refractivity contribution in [3.05, 3.63) is 101 Å². The van der Waals surface area contributed by atoms with E-state index in [-0.39, 0.29) is 5.91 Å². The minimum absolute atomic E-state index is 0.0204. The lowest BCUT2D eigenvalue weighted by Crippen LogP contribution is -2.36. The third-order valence-electron chi connectivity index (χ3n) is 6.70. The lowest BCUT2D eigenvalue weighted by atomic mass is 9.86. The summed E-state index contributed by atoms with van der Waals surface area (Å²) < 4.78 is 13.7. The second kappa shape index (κ2) is 7.96. The van der Waals surface area contributed by atoms with Crippen molar-refractivity contribution in [1.82, 2.24) is 14.7 Å². The van der Waals surface area contributed by atoms with Gasteiger partial charge in [0.05, 0.1) is 31.0 Å². The number of furan rings is 1. The van der Waals surface area contributed by atoms with Crippen LogP contribution in [0.3, 0.4) is 0 Å². The number of aromatic nitrogens is 2. The number of ether oxygens (including phenoxy) is 1. The second-order valence-corrected chi connectivity index (χ2v) is 8.73. The van der Waals surface area contributed by atoms with Gasteiger partial charge in [0.15, 0.2) is 0 Å². The molecule has 0 N–H and O–H groups in total. The zero-order valence-electron chi connectivity index (χ0n) is 18.5. The summed E-state index contributed by atoms with van der Waals surface area (Å²) in [4.78, 5) is 16.1. The Labute approximate surface area is 192 Å². The number of rotatable bonds is 5. The van der Waals surface area contributed by atoms with Crippen molar-refractivity contribution in [2.24, 2.45) is 7.05 Å². The van der Waals surface area contributed by atoms with Gasteiger partial charge in [0.25, 0.3) is 0 Å². The third kappa shape index (κ3) is 3.42. The first kappa shape index (κ1) is 19.9. The van der Waals surface area contributed by atoms with Crippen molar-refractivity contribution in [2.45, 2.75) is 38.3 Å². The predicted octanol–water partition coefficient (Wildman–Crippen LogP) is 4.97. The molecule has 2 aliphatic rings. The minimum Gasteiger partial charge on any atom is -0.467 e. The number of hydrogen-bond acceptors (Lipinski definition) is 4. The number of benzene rings is 2. The van der Waals surface area contributed by atoms with Crippen LogP contribution in [0.1, 0.15) is 46.2 Å². The fourth-order valence-corrected chi connectivity index (χ4v) is 5.17. The number of aryl methyl sites for hydroxylation is 1. The monoisotopic (exact) mass is 439 g/mol. The van der Waals surface area contributed by atoms with Crippen LogP contribution in [-0.4, -0.2) is 20.6 Å². The highest BCUT2D eigenvalue weighted by atomic mass is 16.5. The maximum absolute atomic E-state index is 14.3. The fourth-order valence-electron chi connectivity index (χ4n) is 5.17. The second-order valence-electron chi connectivity index (χ2n) is 8.73. The maximum atomic E-state index is 14.3. The average Bonchev–Trinajstić information content (AvgIpc) is 3.58. The Balaban J connectivity index is 1.42. The van der Waals surface area contributed by atoms with E-state index >= 15 is 0 Å². The average molecular weight is 440 g/mol. The van der Waals surface area contributed by atoms with Gasteiger partial charge in [0, 0.05) is 23.9 Å². The highest BCUT2D eigenvalue weighted by Gasteiger charge is 2.36. The van der Waals surface area contributed by atoms with Crippen molar-refractivity contribution >= 4 is 5.91 Å². The normalized spacial score (nSPS) is 14.3. The van der Waals surface area contributed by atoms with Crippen LogP contribution in [-0.2, 0) is 37.8 Å². The van der Waals surface area contributed by atoms with Crippen molar-refractivity contribution in [2.75, 3.05) is 0 Å². The summed E-state index contributed by atoms with van der Waals surface area (Å²) in [5.41, 5.74) is 5.34. The topological polar surface area (TPSA) is 60.5 Å². The summed E-state index contributed by atoms with van der Waals surface area (Å²) in [5.74, 6) is 1.78. The molecule has 1 aliphatic heterocycles. The van der Waals surface area contributed by atoms with Crippen molar-refractivity contribution < 1.29 is 13.9 Å². The van der Waals surface area contributed by atoms with E-state index < -0.39 is 5.92 Å². The van der Waals surface area contributed by atoms with Crippen LogP contribution in [0.2, 0.25) is 0 Å². The summed E-state index contributed by atoms with van der Waals surface area (Å²) in [6, 6.07) is 19.4. The number of carbonyl (C=O) groups excluding carboxylic acids is 1. The summed E-state index contributed by atoms with van der Waals surface area (Å²) in [5, 5.41) is 4.78. The molecule has 1 amide bonds. The number of carbonyl (C=O) groups is 1. The molecule has 6 nitrogen and oxygen atoms in total. The molecule has 0 saturated carbocycles. The summed E-state index contributed by atoms with van der Waals surface area (Å²) in [6.07, 6.45) is 4.85. The molecule has 0 fully saturated rings. The Morgan fingerprint density at radius 1 is 1.00 bits per heavy atom. The van der Waals surface area contributed by atoms with E-state index in [9.17, 15) is 4.79 Å². The van der Waals surface area contributed by atoms with Crippen LogP contribution < -0.4 is 4.74 Å². The van der Waals surface area contributed by atoms with Crippen LogP contribution in [0, 0.1) is 0 Å². The third-order valence-corrected chi connectivity index (χ3v) is 6.70. The van der Waals surface area contributed by atoms with Crippen LogP contribution >= 0.6 is 0 Å². The maximum Gasteiger partial charge on any atom is 0.235 e. The highest BCUT2D eigenvalue weighted by molar-refractivity contribution is 5.89. The lowest BCUT2D eigenvalue weighted by Gasteiger charge is -2.31. The summed E-state index contributed by atoms with van der Waals surface area (Å²) in [6.45, 7) is 0.837. The predicted molar refractivity (Wildman–Crippen MR) is 123 cm³/mol. The molecule has 0 bridgehead atoms. The van der Waals surface area contributed by atoms with Gasteiger partial charge in [-0.25, -0.2) is 0 Å². The largest absolute Gasteiger partial charge is 0.467 e. The first-order valence-corrected chi connectivity index (χ1v) is 11.4. The standard InChI is InChI=1S/C27H25N3O3/c1-29-23-12-6-11-19(23)22(28-29)17-30(16-18-8-7-15-32-18)27(31)26-20-9-2-4-13-24(20)33-25-14-5-3-10-21(25)26/h2-5,7-10,13-15,26H,6,11-12,16-17H2,1H3. The Morgan fingerprint density at radius 3 is 2.42 bits per heavy atom. The van der Waals surface area contributed by atoms with Crippen molar-refractivity contribution in [3.8, 4) is 11.5 Å². The van der Waals surface area contributed by atoms with Crippen LogP contribution in [0.5, 0.6) is 11.5 Å². The number of amides is 1. The molecule has 3 heterocycles. The van der Waals surface area contributed by atoms with E-state index in [1.54, 1.807) is 6.26 Å². The SMILES string of the molecule is Cn1nc(CN(Cc2ccco2)C(=O)C2c3ccccc3Oc3ccccc32)c2c1CCC2. The number of hydrogen-bond donors (Lipinski definition) is 0. The van der Waals surface area contributed by atoms with E-state index in [0.717, 1.165) is 53.3 Å². The van der Waals surface area contributed by atoms with E-state index in [4.69, 9.17) is 14.3 Å². The van der Waals surface area contributed by atoms with Gasteiger partial charge in [0.1, 0.15) is 17.3 Å². The zero-order valence-corrected chi connectivity index (χ0v) is 18.5. The molecule has 1 aliphatic carbocycles. The molecule has 2 aromatic heterocycles. The Morgan fingerprint density at radius 2 is 1.73 bits per heavy atom. The zero-order chi connectivity index (χ0) is 22.4. The van der Waals surface area contributed by atoms with Gasteiger partial charge in [-0.3, -0.25) is 9.48 Å². The van der Waals surface area contributed by atoms with E-state index in [2.05, 4.69) is 0 Å². The molecule has 6 rings (SSSR count). The molecule has 4 aromatic rings. The lowest BCUT2D eigenvalue weighted by molar-refractivity contribution is -0.133. The van der Waals surface area contributed by atoms with Gasteiger partial charge < -0.3 is 14.1 Å².